The van der Waals surface area contributed by atoms with Gasteiger partial charge in [0, 0.05) is 49.4 Å². The van der Waals surface area contributed by atoms with E-state index in [0.717, 1.165) is 29.5 Å². The molecule has 2 unspecified atom stereocenters. The molecule has 1 aliphatic carbocycles. The van der Waals surface area contributed by atoms with Crippen LogP contribution in [0.2, 0.25) is 5.02 Å². The molecule has 214 valence electrons. The number of halogens is 4. The Morgan fingerprint density at radius 2 is 2.08 bits per heavy atom. The van der Waals surface area contributed by atoms with Crippen molar-refractivity contribution in [1.29, 1.82) is 0 Å². The average molecular weight is 581 g/mol. The van der Waals surface area contributed by atoms with E-state index in [1.165, 1.54) is 12.3 Å². The summed E-state index contributed by atoms with van der Waals surface area (Å²) in [5.74, 6) is -0.197. The van der Waals surface area contributed by atoms with Gasteiger partial charge in [-0.05, 0) is 51.9 Å². The number of aromatic hydroxyl groups is 1. The lowest BCUT2D eigenvalue weighted by molar-refractivity contribution is -0.137. The Morgan fingerprint density at radius 3 is 2.67 bits per heavy atom. The van der Waals surface area contributed by atoms with Crippen LogP contribution in [0.15, 0.2) is 29.2 Å². The lowest BCUT2D eigenvalue weighted by atomic mass is 9.93. The first-order chi connectivity index (χ1) is 19.7. The quantitative estimate of drug-likeness (QED) is 0.436. The van der Waals surface area contributed by atoms with E-state index in [2.05, 4.69) is 15.3 Å². The van der Waals surface area contributed by atoms with Crippen molar-refractivity contribution in [2.24, 2.45) is 5.41 Å². The molecule has 7 rings (SSSR count). The first-order valence-corrected chi connectivity index (χ1v) is 13.4. The standard InChI is InChI=1S/C27H30ClF3N6O3/c1-35(2)13-26(6-7-26)14-40-25-33-22-18(23(34-25)37-12-15-3-4-16(37)11-32-15)5-8-36(24(22)39)20-10-17(38)9-19(28)21(20)27(29,30)31/h5,8-10,15-16,32,38H,3-4,6-7,11-14H2,1-2H3/i14D2. The van der Waals surface area contributed by atoms with Crippen molar-refractivity contribution in [3.05, 3.63) is 45.3 Å². The fourth-order valence-corrected chi connectivity index (χ4v) is 6.07. The van der Waals surface area contributed by atoms with Gasteiger partial charge in [0.1, 0.15) is 17.1 Å². The number of alkyl halides is 3. The molecule has 4 fully saturated rings. The molecule has 3 aliphatic heterocycles. The highest BCUT2D eigenvalue weighted by Gasteiger charge is 2.44. The SMILES string of the molecule is [2H]C([2H])(Oc1nc(N2CC3CCC2CN3)c2ccn(-c3cc(O)cc(Cl)c3C(F)(F)F)c(=O)c2n1)C1(CN(C)C)CC1. The average Bonchev–Trinajstić information content (AvgIpc) is 3.68. The summed E-state index contributed by atoms with van der Waals surface area (Å²) in [6.45, 7) is -0.488. The van der Waals surface area contributed by atoms with Gasteiger partial charge in [-0.3, -0.25) is 9.36 Å². The molecular weight excluding hydrogens is 549 g/mol. The Labute approximate surface area is 236 Å². The van der Waals surface area contributed by atoms with Crippen LogP contribution in [0.25, 0.3) is 16.6 Å². The number of rotatable bonds is 7. The van der Waals surface area contributed by atoms with Gasteiger partial charge in [0.15, 0.2) is 0 Å². The van der Waals surface area contributed by atoms with Crippen LogP contribution >= 0.6 is 11.6 Å². The molecule has 2 bridgehead atoms. The van der Waals surface area contributed by atoms with Crippen molar-refractivity contribution in [3.8, 4) is 17.4 Å². The summed E-state index contributed by atoms with van der Waals surface area (Å²) in [6, 6.07) is 2.89. The van der Waals surface area contributed by atoms with Crippen LogP contribution in [-0.2, 0) is 6.18 Å². The van der Waals surface area contributed by atoms with Gasteiger partial charge >= 0.3 is 12.2 Å². The summed E-state index contributed by atoms with van der Waals surface area (Å²) in [5, 5.41) is 13.0. The second kappa shape index (κ2) is 9.78. The van der Waals surface area contributed by atoms with E-state index >= 15 is 0 Å². The van der Waals surface area contributed by atoms with E-state index in [1.54, 1.807) is 0 Å². The number of phenolic OH excluding ortho intramolecular Hbond substituents is 1. The van der Waals surface area contributed by atoms with Crippen molar-refractivity contribution >= 4 is 28.3 Å². The van der Waals surface area contributed by atoms with E-state index in [1.807, 2.05) is 23.9 Å². The zero-order chi connectivity index (χ0) is 30.2. The first kappa shape index (κ1) is 24.7. The third-order valence-corrected chi connectivity index (χ3v) is 8.06. The third-order valence-electron chi connectivity index (χ3n) is 7.77. The number of anilines is 1. The smallest absolute Gasteiger partial charge is 0.419 e. The number of piperazine rings is 1. The topological polar surface area (TPSA) is 95.8 Å². The van der Waals surface area contributed by atoms with Crippen molar-refractivity contribution in [2.45, 2.75) is 43.9 Å². The van der Waals surface area contributed by atoms with E-state index in [4.69, 9.17) is 19.1 Å². The minimum absolute atomic E-state index is 0.0466. The zero-order valence-corrected chi connectivity index (χ0v) is 22.7. The molecule has 2 aromatic heterocycles. The number of pyridine rings is 1. The Hall–Kier alpha value is -3.09. The van der Waals surface area contributed by atoms with E-state index in [0.29, 0.717) is 43.7 Å². The minimum Gasteiger partial charge on any atom is -0.508 e. The summed E-state index contributed by atoms with van der Waals surface area (Å²) < 4.78 is 66.2. The maximum atomic E-state index is 14.0. The van der Waals surface area contributed by atoms with Crippen LogP contribution in [-0.4, -0.2) is 76.9 Å². The number of benzene rings is 1. The fraction of sp³-hybridized carbons (Fsp3) is 0.519. The van der Waals surface area contributed by atoms with Crippen LogP contribution in [0.3, 0.4) is 0 Å². The maximum absolute atomic E-state index is 14.0. The van der Waals surface area contributed by atoms with Crippen LogP contribution in [0.1, 0.15) is 34.0 Å². The van der Waals surface area contributed by atoms with Gasteiger partial charge < -0.3 is 25.0 Å². The number of ether oxygens (including phenoxy) is 1. The molecule has 1 saturated carbocycles. The molecule has 40 heavy (non-hydrogen) atoms. The van der Waals surface area contributed by atoms with Crippen LogP contribution in [0, 0.1) is 5.41 Å². The Morgan fingerprint density at radius 1 is 1.30 bits per heavy atom. The summed E-state index contributed by atoms with van der Waals surface area (Å²) in [4.78, 5) is 26.7. The lowest BCUT2D eigenvalue weighted by Crippen LogP contribution is -2.61. The summed E-state index contributed by atoms with van der Waals surface area (Å²) in [5.41, 5.74) is -3.91. The number of piperidine rings is 2. The Bertz CT molecular complexity index is 1610. The van der Waals surface area contributed by atoms with Crippen molar-refractivity contribution in [3.63, 3.8) is 0 Å². The predicted molar refractivity (Wildman–Crippen MR) is 145 cm³/mol. The molecule has 13 heteroatoms. The largest absolute Gasteiger partial charge is 0.508 e. The van der Waals surface area contributed by atoms with Crippen LogP contribution < -0.4 is 20.5 Å². The highest BCUT2D eigenvalue weighted by atomic mass is 35.5. The second-order valence-corrected chi connectivity index (χ2v) is 11.5. The van der Waals surface area contributed by atoms with Gasteiger partial charge in [-0.15, -0.1) is 0 Å². The maximum Gasteiger partial charge on any atom is 0.419 e. The first-order valence-electron chi connectivity index (χ1n) is 14.1. The number of phenols is 1. The molecule has 1 aromatic carbocycles. The molecule has 0 radical (unpaired) electrons. The number of hydrogen-bond acceptors (Lipinski definition) is 8. The zero-order valence-electron chi connectivity index (χ0n) is 23.9. The predicted octanol–water partition coefficient (Wildman–Crippen LogP) is 3.82. The molecule has 5 heterocycles. The molecular formula is C27H30ClF3N6O3. The van der Waals surface area contributed by atoms with Crippen LogP contribution in [0.4, 0.5) is 19.0 Å². The Kier molecular flexibility index (Phi) is 6.03. The molecule has 0 amide bonds. The number of nitrogens with zero attached hydrogens (tertiary/aromatic N) is 5. The number of nitrogens with one attached hydrogen (secondary N) is 1. The summed E-state index contributed by atoms with van der Waals surface area (Å²) in [6.07, 6.45) is -0.736. The molecule has 9 nitrogen and oxygen atoms in total. The summed E-state index contributed by atoms with van der Waals surface area (Å²) >= 11 is 5.89. The Balaban J connectivity index is 1.53. The van der Waals surface area contributed by atoms with Gasteiger partial charge in [0.2, 0.25) is 0 Å². The number of hydrogen-bond donors (Lipinski definition) is 2. The van der Waals surface area contributed by atoms with Gasteiger partial charge in [0.25, 0.3) is 5.56 Å². The van der Waals surface area contributed by atoms with E-state index < -0.39 is 45.7 Å². The highest BCUT2D eigenvalue weighted by molar-refractivity contribution is 6.31. The lowest BCUT2D eigenvalue weighted by Gasteiger charge is -2.46. The molecule has 2 N–H and O–H groups in total. The second-order valence-electron chi connectivity index (χ2n) is 11.1. The normalized spacial score (nSPS) is 22.9. The van der Waals surface area contributed by atoms with Gasteiger partial charge in [-0.2, -0.15) is 23.1 Å². The van der Waals surface area contributed by atoms with Gasteiger partial charge in [-0.25, -0.2) is 0 Å². The molecule has 2 atom stereocenters. The summed E-state index contributed by atoms with van der Waals surface area (Å²) in [7, 11) is 3.68. The monoisotopic (exact) mass is 580 g/mol. The van der Waals surface area contributed by atoms with Gasteiger partial charge in [0.05, 0.1) is 31.0 Å². The van der Waals surface area contributed by atoms with Crippen molar-refractivity contribution < 1.29 is 25.8 Å². The number of aromatic nitrogens is 3. The molecule has 3 saturated heterocycles. The van der Waals surface area contributed by atoms with Crippen molar-refractivity contribution in [1.82, 2.24) is 24.8 Å². The molecule has 4 aliphatic rings. The van der Waals surface area contributed by atoms with E-state index in [9.17, 15) is 23.1 Å². The van der Waals surface area contributed by atoms with Crippen LogP contribution in [0.5, 0.6) is 11.8 Å². The highest BCUT2D eigenvalue weighted by Crippen LogP contribution is 2.46. The molecule has 3 aromatic rings. The molecule has 0 spiro atoms. The third kappa shape index (κ3) is 4.97. The van der Waals surface area contributed by atoms with E-state index in [-0.39, 0.29) is 23.6 Å². The fourth-order valence-electron chi connectivity index (χ4n) is 5.76. The minimum atomic E-state index is -4.93. The van der Waals surface area contributed by atoms with Crippen molar-refractivity contribution in [2.75, 3.05) is 45.2 Å². The number of fused-ring (bicyclic) bond motifs is 4. The van der Waals surface area contributed by atoms with Gasteiger partial charge in [-0.1, -0.05) is 11.6 Å².